The molecule has 2 atom stereocenters. The van der Waals surface area contributed by atoms with Gasteiger partial charge >= 0.3 is 5.97 Å². The first-order valence-corrected chi connectivity index (χ1v) is 13.5. The Labute approximate surface area is 213 Å². The maximum Gasteiger partial charge on any atom is 0.303 e. The predicted molar refractivity (Wildman–Crippen MR) is 138 cm³/mol. The zero-order valence-electron chi connectivity index (χ0n) is 22.0. The Morgan fingerprint density at radius 2 is 2.00 bits per heavy atom. The molecule has 0 radical (unpaired) electrons. The molecule has 0 amide bonds. The van der Waals surface area contributed by atoms with Crippen molar-refractivity contribution in [2.75, 3.05) is 5.32 Å². The van der Waals surface area contributed by atoms with Crippen LogP contribution in [0.15, 0.2) is 22.7 Å². The molecule has 2 saturated carbocycles. The van der Waals surface area contributed by atoms with Crippen LogP contribution in [0.4, 0.5) is 10.1 Å². The predicted octanol–water partition coefficient (Wildman–Crippen LogP) is 7.09. The fourth-order valence-electron chi connectivity index (χ4n) is 5.65. The Morgan fingerprint density at radius 1 is 1.28 bits per heavy atom. The van der Waals surface area contributed by atoms with Crippen LogP contribution < -0.4 is 5.32 Å². The van der Waals surface area contributed by atoms with E-state index in [2.05, 4.69) is 31.2 Å². The lowest BCUT2D eigenvalue weighted by atomic mass is 9.66. The number of anilines is 1. The minimum atomic E-state index is -1.04. The van der Waals surface area contributed by atoms with Gasteiger partial charge in [0, 0.05) is 30.2 Å². The molecule has 2 aromatic rings. The molecule has 1 aromatic carbocycles. The number of hydrogen-bond acceptors (Lipinski definition) is 5. The third kappa shape index (κ3) is 6.47. The Kier molecular flexibility index (Phi) is 8.08. The van der Waals surface area contributed by atoms with Crippen LogP contribution in [0.1, 0.15) is 119 Å². The minimum absolute atomic E-state index is 0.0276. The zero-order valence-corrected chi connectivity index (χ0v) is 22.0. The van der Waals surface area contributed by atoms with Crippen molar-refractivity contribution >= 4 is 11.7 Å². The molecule has 1 unspecified atom stereocenters. The molecule has 1 heterocycles. The maximum atomic E-state index is 14.3. The highest BCUT2D eigenvalue weighted by Gasteiger charge is 2.42. The van der Waals surface area contributed by atoms with Gasteiger partial charge < -0.3 is 20.1 Å². The van der Waals surface area contributed by atoms with Crippen molar-refractivity contribution < 1.29 is 23.9 Å². The van der Waals surface area contributed by atoms with Gasteiger partial charge in [-0.2, -0.15) is 0 Å². The van der Waals surface area contributed by atoms with Crippen molar-refractivity contribution in [1.82, 2.24) is 5.16 Å². The molecule has 2 fully saturated rings. The van der Waals surface area contributed by atoms with E-state index in [1.807, 2.05) is 6.92 Å². The molecule has 0 aliphatic heterocycles. The quantitative estimate of drug-likeness (QED) is 0.254. The van der Waals surface area contributed by atoms with E-state index in [0.29, 0.717) is 29.6 Å². The molecule has 6 nitrogen and oxygen atoms in total. The number of aromatic nitrogens is 1. The smallest absolute Gasteiger partial charge is 0.303 e. The van der Waals surface area contributed by atoms with Gasteiger partial charge in [0.25, 0.3) is 0 Å². The average molecular weight is 501 g/mol. The third-order valence-electron chi connectivity index (χ3n) is 8.22. The lowest BCUT2D eigenvalue weighted by molar-refractivity contribution is -0.137. The minimum Gasteiger partial charge on any atom is -0.481 e. The molecule has 2 aliphatic rings. The molecule has 36 heavy (non-hydrogen) atoms. The van der Waals surface area contributed by atoms with Crippen LogP contribution in [-0.2, 0) is 4.79 Å². The Hall–Kier alpha value is -2.41. The Bertz CT molecular complexity index is 1060. The van der Waals surface area contributed by atoms with Crippen LogP contribution in [0.25, 0.3) is 0 Å². The van der Waals surface area contributed by atoms with Gasteiger partial charge in [-0.15, -0.1) is 0 Å². The van der Waals surface area contributed by atoms with E-state index in [4.69, 9.17) is 4.52 Å². The van der Waals surface area contributed by atoms with Gasteiger partial charge in [-0.1, -0.05) is 38.4 Å². The molecular formula is C29H41FN2O4. The SMILES string of the molecule is CCC(C)(C)CC1CC(c2onc([C@H](CCC(=O)O)CC(O)Nc3ccc(C)cc3F)c2C2CC2)C1. The first-order chi connectivity index (χ1) is 17.1. The number of aryl methyl sites for hydroxylation is 1. The number of aliphatic hydroxyl groups excluding tert-OH is 1. The lowest BCUT2D eigenvalue weighted by Crippen LogP contribution is -2.27. The molecule has 3 N–H and O–H groups in total. The number of aliphatic carboxylic acids is 1. The average Bonchev–Trinajstić information content (AvgIpc) is 3.54. The summed E-state index contributed by atoms with van der Waals surface area (Å²) in [6.45, 7) is 8.72. The van der Waals surface area contributed by atoms with E-state index in [1.54, 1.807) is 12.1 Å². The van der Waals surface area contributed by atoms with Crippen molar-refractivity contribution in [2.45, 2.75) is 109 Å². The standard InChI is InChI=1S/C29H41FN2O4/c1-5-29(3,4)16-18-13-21(14-18)28-26(19-7-8-19)27(32-36-28)20(9-11-25(34)35)15-24(33)31-23-10-6-17(2)12-22(23)30/h6,10,12,18-21,24,31,33H,5,7-9,11,13-16H2,1-4H3,(H,34,35)/t18?,20-,21?,24?/m1/s1. The number of halogens is 1. The fourth-order valence-corrected chi connectivity index (χ4v) is 5.65. The van der Waals surface area contributed by atoms with E-state index in [-0.39, 0.29) is 24.4 Å². The molecule has 0 spiro atoms. The maximum absolute atomic E-state index is 14.3. The highest BCUT2D eigenvalue weighted by Crippen LogP contribution is 2.53. The van der Waals surface area contributed by atoms with E-state index >= 15 is 0 Å². The van der Waals surface area contributed by atoms with Gasteiger partial charge in [0.05, 0.1) is 11.4 Å². The van der Waals surface area contributed by atoms with E-state index in [1.165, 1.54) is 18.9 Å². The van der Waals surface area contributed by atoms with Crippen LogP contribution in [0, 0.1) is 24.1 Å². The number of benzene rings is 1. The van der Waals surface area contributed by atoms with Crippen LogP contribution in [0.2, 0.25) is 0 Å². The highest BCUT2D eigenvalue weighted by atomic mass is 19.1. The van der Waals surface area contributed by atoms with Gasteiger partial charge in [-0.05, 0) is 80.4 Å². The zero-order chi connectivity index (χ0) is 26.0. The number of nitrogens with zero attached hydrogens (tertiary/aromatic N) is 1. The molecule has 0 saturated heterocycles. The number of rotatable bonds is 13. The van der Waals surface area contributed by atoms with Crippen molar-refractivity contribution in [2.24, 2.45) is 11.3 Å². The number of carbonyl (C=O) groups is 1. The second-order valence-corrected chi connectivity index (χ2v) is 11.9. The number of carboxylic acid groups (broad SMARTS) is 1. The molecule has 2 aliphatic carbocycles. The summed E-state index contributed by atoms with van der Waals surface area (Å²) in [6.07, 6.45) is 6.26. The van der Waals surface area contributed by atoms with Gasteiger partial charge in [-0.25, -0.2) is 4.39 Å². The van der Waals surface area contributed by atoms with E-state index < -0.39 is 18.0 Å². The summed E-state index contributed by atoms with van der Waals surface area (Å²) in [6, 6.07) is 4.80. The van der Waals surface area contributed by atoms with Crippen LogP contribution >= 0.6 is 0 Å². The van der Waals surface area contributed by atoms with Crippen molar-refractivity contribution in [3.8, 4) is 0 Å². The topological polar surface area (TPSA) is 95.6 Å². The molecule has 1 aromatic heterocycles. The summed E-state index contributed by atoms with van der Waals surface area (Å²) in [5, 5.41) is 27.5. The van der Waals surface area contributed by atoms with Gasteiger partial charge in [0.15, 0.2) is 0 Å². The van der Waals surface area contributed by atoms with Crippen LogP contribution in [-0.4, -0.2) is 27.6 Å². The Morgan fingerprint density at radius 3 is 2.61 bits per heavy atom. The van der Waals surface area contributed by atoms with Crippen LogP contribution in [0.5, 0.6) is 0 Å². The number of hydrogen-bond donors (Lipinski definition) is 3. The number of carboxylic acids is 1. The Balaban J connectivity index is 1.50. The molecule has 4 rings (SSSR count). The van der Waals surface area contributed by atoms with Crippen molar-refractivity contribution in [1.29, 1.82) is 0 Å². The van der Waals surface area contributed by atoms with Crippen molar-refractivity contribution in [3.63, 3.8) is 0 Å². The first-order valence-electron chi connectivity index (χ1n) is 13.5. The number of aliphatic hydroxyl groups is 1. The third-order valence-corrected chi connectivity index (χ3v) is 8.22. The summed E-state index contributed by atoms with van der Waals surface area (Å²) in [5.74, 6) is 0.839. The number of nitrogens with one attached hydrogen (secondary N) is 1. The summed E-state index contributed by atoms with van der Waals surface area (Å²) < 4.78 is 20.3. The van der Waals surface area contributed by atoms with Gasteiger partial charge in [0.1, 0.15) is 17.8 Å². The lowest BCUT2D eigenvalue weighted by Gasteiger charge is -2.39. The van der Waals surface area contributed by atoms with E-state index in [9.17, 15) is 19.4 Å². The largest absolute Gasteiger partial charge is 0.481 e. The first kappa shape index (κ1) is 26.6. The summed E-state index contributed by atoms with van der Waals surface area (Å²) in [7, 11) is 0. The van der Waals surface area contributed by atoms with E-state index in [0.717, 1.165) is 48.3 Å². The van der Waals surface area contributed by atoms with Gasteiger partial charge in [-0.3, -0.25) is 4.79 Å². The molecule has 7 heteroatoms. The normalized spacial score (nSPS) is 21.6. The summed E-state index contributed by atoms with van der Waals surface area (Å²) in [5.41, 5.74) is 3.31. The second-order valence-electron chi connectivity index (χ2n) is 11.9. The molecule has 198 valence electrons. The van der Waals surface area contributed by atoms with Crippen molar-refractivity contribution in [3.05, 3.63) is 46.6 Å². The van der Waals surface area contributed by atoms with Crippen LogP contribution in [0.3, 0.4) is 0 Å². The fraction of sp³-hybridized carbons (Fsp3) is 0.655. The van der Waals surface area contributed by atoms with Gasteiger partial charge in [0.2, 0.25) is 0 Å². The molecule has 0 bridgehead atoms. The molecular weight excluding hydrogens is 459 g/mol. The summed E-state index contributed by atoms with van der Waals surface area (Å²) >= 11 is 0. The monoisotopic (exact) mass is 500 g/mol. The highest BCUT2D eigenvalue weighted by molar-refractivity contribution is 5.66. The summed E-state index contributed by atoms with van der Waals surface area (Å²) in [4.78, 5) is 11.4. The second kappa shape index (κ2) is 10.9.